The SMILES string of the molecule is COc1cccc(C(c2sc3nc(C)nn3c2O)N2CCCc3ccccc32)c1. The summed E-state index contributed by atoms with van der Waals surface area (Å²) < 4.78 is 7.02. The van der Waals surface area contributed by atoms with Crippen LogP contribution in [-0.2, 0) is 6.42 Å². The Labute approximate surface area is 173 Å². The Morgan fingerprint density at radius 1 is 1.17 bits per heavy atom. The second-order valence-electron chi connectivity index (χ2n) is 7.25. The molecule has 6 nitrogen and oxygen atoms in total. The quantitative estimate of drug-likeness (QED) is 0.546. The van der Waals surface area contributed by atoms with E-state index in [0.29, 0.717) is 10.8 Å². The van der Waals surface area contributed by atoms with Gasteiger partial charge in [0.1, 0.15) is 11.6 Å². The number of methoxy groups -OCH3 is 1. The average molecular weight is 407 g/mol. The number of anilines is 1. The van der Waals surface area contributed by atoms with Crippen LogP contribution in [0.5, 0.6) is 11.6 Å². The lowest BCUT2D eigenvalue weighted by molar-refractivity contribution is 0.413. The molecule has 1 aliphatic heterocycles. The van der Waals surface area contributed by atoms with E-state index >= 15 is 0 Å². The molecule has 148 valence electrons. The number of para-hydroxylation sites is 1. The molecular formula is C22H22N4O2S. The standard InChI is InChI=1S/C22H22N4O2S/c1-14-23-22-26(24-14)21(27)20(29-22)19(16-8-5-10-17(13-16)28-2)25-12-6-9-15-7-3-4-11-18(15)25/h3-5,7-8,10-11,13,19,27H,6,9,12H2,1-2H3. The van der Waals surface area contributed by atoms with Gasteiger partial charge in [0.05, 0.1) is 18.0 Å². The average Bonchev–Trinajstić information content (AvgIpc) is 3.26. The van der Waals surface area contributed by atoms with Gasteiger partial charge in [0, 0.05) is 12.2 Å². The minimum Gasteiger partial charge on any atom is -0.497 e. The zero-order valence-electron chi connectivity index (χ0n) is 16.4. The van der Waals surface area contributed by atoms with Gasteiger partial charge in [-0.25, -0.2) is 4.98 Å². The van der Waals surface area contributed by atoms with Gasteiger partial charge in [0.15, 0.2) is 0 Å². The maximum absolute atomic E-state index is 11.1. The van der Waals surface area contributed by atoms with Crippen molar-refractivity contribution in [3.63, 3.8) is 0 Å². The molecule has 0 spiro atoms. The largest absolute Gasteiger partial charge is 0.497 e. The van der Waals surface area contributed by atoms with Gasteiger partial charge in [0.25, 0.3) is 0 Å². The van der Waals surface area contributed by atoms with Crippen molar-refractivity contribution in [3.05, 3.63) is 70.4 Å². The van der Waals surface area contributed by atoms with Crippen molar-refractivity contribution >= 4 is 22.0 Å². The summed E-state index contributed by atoms with van der Waals surface area (Å²) >= 11 is 1.49. The van der Waals surface area contributed by atoms with Crippen molar-refractivity contribution in [2.75, 3.05) is 18.6 Å². The molecular weight excluding hydrogens is 384 g/mol. The molecule has 0 radical (unpaired) electrons. The molecule has 5 rings (SSSR count). The maximum Gasteiger partial charge on any atom is 0.230 e. The highest BCUT2D eigenvalue weighted by molar-refractivity contribution is 7.17. The van der Waals surface area contributed by atoms with Crippen LogP contribution in [0.25, 0.3) is 4.96 Å². The number of benzene rings is 2. The molecule has 0 saturated heterocycles. The summed E-state index contributed by atoms with van der Waals surface area (Å²) in [4.78, 5) is 8.38. The fourth-order valence-electron chi connectivity index (χ4n) is 4.14. The molecule has 1 aliphatic rings. The van der Waals surface area contributed by atoms with Crippen LogP contribution in [0.3, 0.4) is 0 Å². The zero-order chi connectivity index (χ0) is 20.0. The first-order valence-electron chi connectivity index (χ1n) is 9.69. The molecule has 0 bridgehead atoms. The Kier molecular flexibility index (Phi) is 4.39. The summed E-state index contributed by atoms with van der Waals surface area (Å²) in [5, 5.41) is 15.4. The van der Waals surface area contributed by atoms with Crippen LogP contribution in [-0.4, -0.2) is 33.4 Å². The van der Waals surface area contributed by atoms with Gasteiger partial charge in [-0.1, -0.05) is 41.7 Å². The number of aryl methyl sites for hydroxylation is 2. The predicted molar refractivity (Wildman–Crippen MR) is 114 cm³/mol. The van der Waals surface area contributed by atoms with E-state index in [1.165, 1.54) is 22.6 Å². The number of aromatic hydroxyl groups is 1. The third-order valence-corrected chi connectivity index (χ3v) is 6.49. The van der Waals surface area contributed by atoms with Gasteiger partial charge in [-0.2, -0.15) is 4.52 Å². The van der Waals surface area contributed by atoms with Crippen LogP contribution in [0.2, 0.25) is 0 Å². The monoisotopic (exact) mass is 406 g/mol. The molecule has 1 N–H and O–H groups in total. The molecule has 7 heteroatoms. The number of hydrogen-bond donors (Lipinski definition) is 1. The first-order valence-corrected chi connectivity index (χ1v) is 10.5. The van der Waals surface area contributed by atoms with E-state index in [1.54, 1.807) is 11.6 Å². The molecule has 2 aromatic carbocycles. The molecule has 2 aromatic heterocycles. The van der Waals surface area contributed by atoms with Gasteiger partial charge in [-0.05, 0) is 49.1 Å². The molecule has 3 heterocycles. The lowest BCUT2D eigenvalue weighted by Crippen LogP contribution is -2.34. The van der Waals surface area contributed by atoms with Gasteiger partial charge in [-0.15, -0.1) is 5.10 Å². The minimum atomic E-state index is -0.152. The van der Waals surface area contributed by atoms with Crippen LogP contribution >= 0.6 is 11.3 Å². The van der Waals surface area contributed by atoms with Gasteiger partial charge < -0.3 is 14.7 Å². The second kappa shape index (κ2) is 7.08. The lowest BCUT2D eigenvalue weighted by Gasteiger charge is -2.37. The van der Waals surface area contributed by atoms with Crippen molar-refractivity contribution in [1.82, 2.24) is 14.6 Å². The zero-order valence-corrected chi connectivity index (χ0v) is 17.2. The third-order valence-electron chi connectivity index (χ3n) is 5.42. The van der Waals surface area contributed by atoms with Crippen molar-refractivity contribution in [2.24, 2.45) is 0 Å². The number of rotatable bonds is 4. The summed E-state index contributed by atoms with van der Waals surface area (Å²) in [6, 6.07) is 16.4. The molecule has 0 amide bonds. The van der Waals surface area contributed by atoms with Crippen molar-refractivity contribution in [1.29, 1.82) is 0 Å². The number of fused-ring (bicyclic) bond motifs is 2. The van der Waals surface area contributed by atoms with E-state index in [2.05, 4.69) is 45.3 Å². The third kappa shape index (κ3) is 3.02. The highest BCUT2D eigenvalue weighted by atomic mass is 32.1. The fourth-order valence-corrected chi connectivity index (χ4v) is 5.28. The van der Waals surface area contributed by atoms with Crippen molar-refractivity contribution in [2.45, 2.75) is 25.8 Å². The van der Waals surface area contributed by atoms with Gasteiger partial charge in [-0.3, -0.25) is 0 Å². The number of thiazole rings is 1. The molecule has 1 unspecified atom stereocenters. The molecule has 4 aromatic rings. The Balaban J connectivity index is 1.71. The Morgan fingerprint density at radius 2 is 2.03 bits per heavy atom. The molecule has 29 heavy (non-hydrogen) atoms. The summed E-state index contributed by atoms with van der Waals surface area (Å²) in [6.45, 7) is 2.74. The highest BCUT2D eigenvalue weighted by Crippen LogP contribution is 2.44. The van der Waals surface area contributed by atoms with E-state index in [4.69, 9.17) is 4.74 Å². The Bertz CT molecular complexity index is 1180. The van der Waals surface area contributed by atoms with Crippen molar-refractivity contribution < 1.29 is 9.84 Å². The smallest absolute Gasteiger partial charge is 0.230 e. The fraction of sp³-hybridized carbons (Fsp3) is 0.273. The first kappa shape index (κ1) is 18.0. The van der Waals surface area contributed by atoms with E-state index in [1.807, 2.05) is 25.1 Å². The van der Waals surface area contributed by atoms with E-state index < -0.39 is 0 Å². The van der Waals surface area contributed by atoms with Crippen LogP contribution < -0.4 is 9.64 Å². The minimum absolute atomic E-state index is 0.152. The Morgan fingerprint density at radius 3 is 2.86 bits per heavy atom. The van der Waals surface area contributed by atoms with Gasteiger partial charge >= 0.3 is 0 Å². The molecule has 0 aliphatic carbocycles. The Hall–Kier alpha value is -3.06. The molecule has 1 atom stereocenters. The normalized spacial score (nSPS) is 14.8. The summed E-state index contributed by atoms with van der Waals surface area (Å²) in [5.41, 5.74) is 3.61. The van der Waals surface area contributed by atoms with E-state index in [-0.39, 0.29) is 11.9 Å². The number of nitrogens with zero attached hydrogens (tertiary/aromatic N) is 4. The number of aromatic nitrogens is 3. The molecule has 0 fully saturated rings. The predicted octanol–water partition coefficient (Wildman–Crippen LogP) is 4.36. The topological polar surface area (TPSA) is 62.9 Å². The number of hydrogen-bond acceptors (Lipinski definition) is 6. The van der Waals surface area contributed by atoms with E-state index in [0.717, 1.165) is 35.6 Å². The molecule has 0 saturated carbocycles. The van der Waals surface area contributed by atoms with Crippen LogP contribution in [0.15, 0.2) is 48.5 Å². The summed E-state index contributed by atoms with van der Waals surface area (Å²) in [7, 11) is 1.67. The van der Waals surface area contributed by atoms with E-state index in [9.17, 15) is 5.11 Å². The highest BCUT2D eigenvalue weighted by Gasteiger charge is 2.32. The number of ether oxygens (including phenoxy) is 1. The van der Waals surface area contributed by atoms with Crippen molar-refractivity contribution in [3.8, 4) is 11.6 Å². The van der Waals surface area contributed by atoms with Gasteiger partial charge in [0.2, 0.25) is 10.8 Å². The maximum atomic E-state index is 11.1. The lowest BCUT2D eigenvalue weighted by atomic mass is 9.96. The summed E-state index contributed by atoms with van der Waals surface area (Å²) in [5.74, 6) is 1.61. The van der Waals surface area contributed by atoms with Crippen LogP contribution in [0, 0.1) is 6.92 Å². The first-order chi connectivity index (χ1) is 14.2. The van der Waals surface area contributed by atoms with Crippen LogP contribution in [0.1, 0.15) is 34.3 Å². The van der Waals surface area contributed by atoms with Crippen LogP contribution in [0.4, 0.5) is 5.69 Å². The summed E-state index contributed by atoms with van der Waals surface area (Å²) in [6.07, 6.45) is 2.14. The second-order valence-corrected chi connectivity index (χ2v) is 8.26.